The van der Waals surface area contributed by atoms with Gasteiger partial charge in [0.1, 0.15) is 29.1 Å². The van der Waals surface area contributed by atoms with Crippen molar-refractivity contribution in [3.63, 3.8) is 0 Å². The maximum atomic E-state index is 13.1. The number of hydrogen-bond acceptors (Lipinski definition) is 6. The average Bonchev–Trinajstić information content (AvgIpc) is 3.31. The number of carbonyl (C=O) groups is 2. The number of furan rings is 1. The van der Waals surface area contributed by atoms with Crippen LogP contribution in [0, 0.1) is 6.92 Å². The van der Waals surface area contributed by atoms with Crippen molar-refractivity contribution in [2.45, 2.75) is 33.7 Å². The molecule has 0 spiro atoms. The minimum atomic E-state index is -0.842. The van der Waals surface area contributed by atoms with Gasteiger partial charge >= 0.3 is 0 Å². The van der Waals surface area contributed by atoms with Gasteiger partial charge in [0.2, 0.25) is 0 Å². The van der Waals surface area contributed by atoms with Crippen LogP contribution in [0.2, 0.25) is 5.02 Å². The number of carbonyl (C=O) groups excluding carboxylic acids is 2. The monoisotopic (exact) mass is 460 g/mol. The summed E-state index contributed by atoms with van der Waals surface area (Å²) in [7, 11) is 0. The normalized spacial score (nSPS) is 18.1. The lowest BCUT2D eigenvalue weighted by Gasteiger charge is -2.26. The van der Waals surface area contributed by atoms with Gasteiger partial charge in [0, 0.05) is 18.7 Å². The van der Waals surface area contributed by atoms with Crippen molar-refractivity contribution in [3.8, 4) is 5.75 Å². The zero-order valence-corrected chi connectivity index (χ0v) is 19.6. The zero-order valence-electron chi connectivity index (χ0n) is 18.9. The van der Waals surface area contributed by atoms with Crippen molar-refractivity contribution in [1.82, 2.24) is 9.80 Å². The molecule has 0 radical (unpaired) electrons. The number of benzene rings is 1. The minimum absolute atomic E-state index is 0.0422. The number of likely N-dealkylation sites (N-methyl/N-ethyl adjacent to an activating group) is 1. The Morgan fingerprint density at radius 1 is 1.19 bits per heavy atom. The Balaban J connectivity index is 2.11. The SMILES string of the molecule is CCOc1ccc(Cl)c(/C(O)=C2\C(=O)C(=O)N(CCN(CC)CC)C2c2ccc(C)o2)c1. The van der Waals surface area contributed by atoms with E-state index in [0.717, 1.165) is 13.1 Å². The number of halogens is 1. The molecule has 32 heavy (non-hydrogen) atoms. The number of aliphatic hydroxyl groups is 1. The Morgan fingerprint density at radius 2 is 1.91 bits per heavy atom. The third-order valence-corrected chi connectivity index (χ3v) is 5.96. The molecule has 0 bridgehead atoms. The number of Topliss-reactive ketones (excluding diaryl/α,β-unsaturated/α-hetero) is 1. The van der Waals surface area contributed by atoms with Crippen molar-refractivity contribution in [3.05, 3.63) is 58.0 Å². The quantitative estimate of drug-likeness (QED) is 0.339. The van der Waals surface area contributed by atoms with Crippen molar-refractivity contribution in [2.24, 2.45) is 0 Å². The summed E-state index contributed by atoms with van der Waals surface area (Å²) in [6.07, 6.45) is 0. The Kier molecular flexibility index (Phi) is 7.64. The van der Waals surface area contributed by atoms with Gasteiger partial charge in [0.15, 0.2) is 0 Å². The molecule has 1 aliphatic heterocycles. The van der Waals surface area contributed by atoms with E-state index in [4.69, 9.17) is 20.8 Å². The Hall–Kier alpha value is -2.77. The number of amides is 1. The molecule has 1 aromatic carbocycles. The summed E-state index contributed by atoms with van der Waals surface area (Å²) < 4.78 is 11.3. The van der Waals surface area contributed by atoms with Crippen LogP contribution in [-0.2, 0) is 9.59 Å². The summed E-state index contributed by atoms with van der Waals surface area (Å²) in [5.74, 6) is -0.224. The Morgan fingerprint density at radius 3 is 2.50 bits per heavy atom. The fourth-order valence-corrected chi connectivity index (χ4v) is 4.09. The van der Waals surface area contributed by atoms with E-state index in [1.54, 1.807) is 37.3 Å². The molecule has 0 aliphatic carbocycles. The van der Waals surface area contributed by atoms with Crippen LogP contribution in [0.5, 0.6) is 5.75 Å². The van der Waals surface area contributed by atoms with E-state index in [1.165, 1.54) is 4.90 Å². The molecule has 1 fully saturated rings. The number of hydrogen-bond donors (Lipinski definition) is 1. The maximum Gasteiger partial charge on any atom is 0.295 e. The summed E-state index contributed by atoms with van der Waals surface area (Å²) in [6, 6.07) is 7.48. The van der Waals surface area contributed by atoms with Crippen molar-refractivity contribution < 1.29 is 23.8 Å². The van der Waals surface area contributed by atoms with Gasteiger partial charge in [-0.05, 0) is 57.3 Å². The highest BCUT2D eigenvalue weighted by Crippen LogP contribution is 2.41. The van der Waals surface area contributed by atoms with Crippen LogP contribution in [-0.4, -0.2) is 59.4 Å². The fourth-order valence-electron chi connectivity index (χ4n) is 3.88. The topological polar surface area (TPSA) is 83.2 Å². The molecule has 0 saturated carbocycles. The van der Waals surface area contributed by atoms with Gasteiger partial charge in [-0.2, -0.15) is 0 Å². The summed E-state index contributed by atoms with van der Waals surface area (Å²) >= 11 is 6.34. The Bertz CT molecular complexity index is 1030. The van der Waals surface area contributed by atoms with Gasteiger partial charge in [0.05, 0.1) is 17.2 Å². The third kappa shape index (κ3) is 4.69. The van der Waals surface area contributed by atoms with Crippen molar-refractivity contribution in [1.29, 1.82) is 0 Å². The van der Waals surface area contributed by atoms with Crippen LogP contribution >= 0.6 is 11.6 Å². The van der Waals surface area contributed by atoms with Crippen LogP contribution in [0.4, 0.5) is 0 Å². The molecule has 1 atom stereocenters. The van der Waals surface area contributed by atoms with Gasteiger partial charge in [-0.3, -0.25) is 9.59 Å². The minimum Gasteiger partial charge on any atom is -0.507 e. The van der Waals surface area contributed by atoms with E-state index in [-0.39, 0.29) is 21.9 Å². The van der Waals surface area contributed by atoms with Gasteiger partial charge in [-0.1, -0.05) is 25.4 Å². The van der Waals surface area contributed by atoms with Crippen LogP contribution < -0.4 is 4.74 Å². The number of likely N-dealkylation sites (tertiary alicyclic amines) is 1. The first-order valence-corrected chi connectivity index (χ1v) is 11.2. The molecule has 2 aromatic rings. The maximum absolute atomic E-state index is 13.1. The van der Waals surface area contributed by atoms with Gasteiger partial charge in [-0.15, -0.1) is 0 Å². The molecule has 7 nitrogen and oxygen atoms in total. The van der Waals surface area contributed by atoms with Crippen LogP contribution in [0.15, 0.2) is 40.3 Å². The smallest absolute Gasteiger partial charge is 0.295 e. The number of ketones is 1. The first-order valence-electron chi connectivity index (χ1n) is 10.8. The summed E-state index contributed by atoms with van der Waals surface area (Å²) in [6.45, 7) is 10.7. The molecule has 1 unspecified atom stereocenters. The van der Waals surface area contributed by atoms with Gasteiger partial charge in [-0.25, -0.2) is 0 Å². The second kappa shape index (κ2) is 10.2. The first kappa shape index (κ1) is 23.9. The average molecular weight is 461 g/mol. The van der Waals surface area contributed by atoms with Gasteiger partial charge in [0.25, 0.3) is 11.7 Å². The van der Waals surface area contributed by atoms with Gasteiger partial charge < -0.3 is 24.1 Å². The summed E-state index contributed by atoms with van der Waals surface area (Å²) in [5.41, 5.74) is 0.187. The van der Waals surface area contributed by atoms with Crippen molar-refractivity contribution in [2.75, 3.05) is 32.8 Å². The lowest BCUT2D eigenvalue weighted by Crippen LogP contribution is -2.37. The molecule has 1 aliphatic rings. The molecular formula is C24H29ClN2O5. The molecule has 1 saturated heterocycles. The molecule has 8 heteroatoms. The van der Waals surface area contributed by atoms with E-state index >= 15 is 0 Å². The number of nitrogens with zero attached hydrogens (tertiary/aromatic N) is 2. The van der Waals surface area contributed by atoms with E-state index in [9.17, 15) is 14.7 Å². The largest absolute Gasteiger partial charge is 0.507 e. The number of aliphatic hydroxyl groups excluding tert-OH is 1. The molecule has 2 heterocycles. The molecule has 3 rings (SSSR count). The lowest BCUT2D eigenvalue weighted by molar-refractivity contribution is -0.140. The molecule has 1 amide bonds. The lowest BCUT2D eigenvalue weighted by atomic mass is 9.99. The Labute approximate surface area is 193 Å². The van der Waals surface area contributed by atoms with E-state index in [1.807, 2.05) is 20.8 Å². The van der Waals surface area contributed by atoms with Crippen molar-refractivity contribution >= 4 is 29.1 Å². The molecule has 1 N–H and O–H groups in total. The fraction of sp³-hybridized carbons (Fsp3) is 0.417. The molecular weight excluding hydrogens is 432 g/mol. The third-order valence-electron chi connectivity index (χ3n) is 5.63. The predicted molar refractivity (Wildman–Crippen MR) is 123 cm³/mol. The van der Waals surface area contributed by atoms with E-state index in [2.05, 4.69) is 4.90 Å². The second-order valence-corrected chi connectivity index (χ2v) is 7.95. The number of rotatable bonds is 9. The van der Waals surface area contributed by atoms with Crippen LogP contribution in [0.3, 0.4) is 0 Å². The highest BCUT2D eigenvalue weighted by Gasteiger charge is 2.47. The second-order valence-electron chi connectivity index (χ2n) is 7.54. The first-order chi connectivity index (χ1) is 15.3. The van der Waals surface area contributed by atoms with E-state index in [0.29, 0.717) is 37.0 Å². The summed E-state index contributed by atoms with van der Waals surface area (Å²) in [5, 5.41) is 11.4. The highest BCUT2D eigenvalue weighted by molar-refractivity contribution is 6.47. The van der Waals surface area contributed by atoms with Crippen LogP contribution in [0.25, 0.3) is 5.76 Å². The molecule has 172 valence electrons. The number of aryl methyl sites for hydroxylation is 1. The standard InChI is InChI=1S/C24H29ClN2O5/c1-5-26(6-2)12-13-27-21(19-11-8-15(4)32-19)20(23(29)24(27)30)22(28)17-14-16(31-7-3)9-10-18(17)25/h8-11,14,21,28H,5-7,12-13H2,1-4H3/b22-20+. The van der Waals surface area contributed by atoms with Crippen LogP contribution in [0.1, 0.15) is 43.9 Å². The number of ether oxygens (including phenoxy) is 1. The predicted octanol–water partition coefficient (Wildman–Crippen LogP) is 4.40. The molecule has 1 aromatic heterocycles. The van der Waals surface area contributed by atoms with E-state index < -0.39 is 17.7 Å². The highest BCUT2D eigenvalue weighted by atomic mass is 35.5. The zero-order chi connectivity index (χ0) is 23.4. The summed E-state index contributed by atoms with van der Waals surface area (Å²) in [4.78, 5) is 29.7.